The number of hydrogen-bond acceptors (Lipinski definition) is 1. The molecular formula is C32H18O. The summed E-state index contributed by atoms with van der Waals surface area (Å²) in [4.78, 5) is 0. The normalized spacial score (nSPS) is 12.4. The first-order valence-electron chi connectivity index (χ1n) is 11.3. The van der Waals surface area contributed by atoms with Gasteiger partial charge in [0.1, 0.15) is 5.75 Å². The zero-order valence-corrected chi connectivity index (χ0v) is 17.8. The Morgan fingerprint density at radius 3 is 1.33 bits per heavy atom. The van der Waals surface area contributed by atoms with E-state index in [1.165, 1.54) is 59.6 Å². The van der Waals surface area contributed by atoms with Crippen molar-refractivity contribution >= 4 is 64.6 Å². The van der Waals surface area contributed by atoms with Crippen LogP contribution in [0.5, 0.6) is 5.75 Å². The quantitative estimate of drug-likeness (QED) is 0.264. The van der Waals surface area contributed by atoms with Gasteiger partial charge in [0, 0.05) is 10.8 Å². The van der Waals surface area contributed by atoms with Gasteiger partial charge in [0.25, 0.3) is 0 Å². The molecule has 0 heterocycles. The first kappa shape index (κ1) is 17.2. The Morgan fingerprint density at radius 1 is 0.333 bits per heavy atom. The van der Waals surface area contributed by atoms with Crippen molar-refractivity contribution in [1.82, 2.24) is 0 Å². The number of phenolic OH excluding ortho intramolecular Hbond substituents is 1. The van der Waals surface area contributed by atoms with Gasteiger partial charge in [0.2, 0.25) is 0 Å². The van der Waals surface area contributed by atoms with Crippen molar-refractivity contribution in [2.45, 2.75) is 0 Å². The van der Waals surface area contributed by atoms with Crippen molar-refractivity contribution in [2.75, 3.05) is 0 Å². The van der Waals surface area contributed by atoms with Crippen molar-refractivity contribution in [3.63, 3.8) is 0 Å². The lowest BCUT2D eigenvalue weighted by Crippen LogP contribution is -1.90. The highest BCUT2D eigenvalue weighted by molar-refractivity contribution is 6.29. The fraction of sp³-hybridized carbons (Fsp3) is 0. The third kappa shape index (κ3) is 2.12. The van der Waals surface area contributed by atoms with E-state index in [-0.39, 0.29) is 0 Å². The highest BCUT2D eigenvalue weighted by atomic mass is 16.3. The average molecular weight is 418 g/mol. The first-order chi connectivity index (χ1) is 16.3. The summed E-state index contributed by atoms with van der Waals surface area (Å²) in [7, 11) is 0. The van der Waals surface area contributed by atoms with Crippen LogP contribution in [0, 0.1) is 0 Å². The van der Waals surface area contributed by atoms with Gasteiger partial charge in [0.15, 0.2) is 0 Å². The minimum atomic E-state index is 0.338. The van der Waals surface area contributed by atoms with E-state index >= 15 is 0 Å². The summed E-state index contributed by atoms with van der Waals surface area (Å²) in [6, 6.07) is 36.9. The Labute approximate surface area is 189 Å². The van der Waals surface area contributed by atoms with E-state index in [1.807, 2.05) is 12.1 Å². The monoisotopic (exact) mass is 418 g/mol. The molecule has 8 rings (SSSR count). The van der Waals surface area contributed by atoms with Gasteiger partial charge < -0.3 is 5.11 Å². The fourth-order valence-corrected chi connectivity index (χ4v) is 5.99. The molecule has 0 atom stereocenters. The Morgan fingerprint density at radius 2 is 0.727 bits per heavy atom. The largest absolute Gasteiger partial charge is 0.507 e. The maximum absolute atomic E-state index is 10.5. The van der Waals surface area contributed by atoms with E-state index in [0.29, 0.717) is 5.75 Å². The summed E-state index contributed by atoms with van der Waals surface area (Å²) in [5.74, 6) is 0.338. The lowest BCUT2D eigenvalue weighted by atomic mass is 9.86. The highest BCUT2D eigenvalue weighted by Gasteiger charge is 2.16. The van der Waals surface area contributed by atoms with Crippen LogP contribution in [0.15, 0.2) is 103 Å². The van der Waals surface area contributed by atoms with Crippen molar-refractivity contribution in [1.29, 1.82) is 0 Å². The molecule has 0 radical (unpaired) electrons. The molecule has 0 aliphatic rings. The van der Waals surface area contributed by atoms with Gasteiger partial charge in [-0.1, -0.05) is 97.1 Å². The second-order valence-electron chi connectivity index (χ2n) is 9.09. The molecule has 152 valence electrons. The van der Waals surface area contributed by atoms with Gasteiger partial charge in [-0.2, -0.15) is 0 Å². The molecule has 0 unspecified atom stereocenters. The fourth-order valence-electron chi connectivity index (χ4n) is 5.99. The molecule has 1 heteroatoms. The average Bonchev–Trinajstić information content (AvgIpc) is 2.87. The van der Waals surface area contributed by atoms with Crippen molar-refractivity contribution in [3.8, 4) is 16.9 Å². The second kappa shape index (κ2) is 5.90. The van der Waals surface area contributed by atoms with Crippen molar-refractivity contribution in [3.05, 3.63) is 103 Å². The molecule has 0 aromatic heterocycles. The van der Waals surface area contributed by atoms with Crippen LogP contribution in [-0.4, -0.2) is 5.11 Å². The van der Waals surface area contributed by atoms with Crippen LogP contribution in [-0.2, 0) is 0 Å². The number of rotatable bonds is 1. The molecule has 1 N–H and O–H groups in total. The number of aromatic hydroxyl groups is 1. The summed E-state index contributed by atoms with van der Waals surface area (Å²) in [6.45, 7) is 0. The number of phenols is 1. The molecule has 0 bridgehead atoms. The molecule has 0 spiro atoms. The van der Waals surface area contributed by atoms with Gasteiger partial charge in [-0.15, -0.1) is 0 Å². The van der Waals surface area contributed by atoms with E-state index in [1.54, 1.807) is 6.07 Å². The summed E-state index contributed by atoms with van der Waals surface area (Å²) in [5, 5.41) is 25.2. The first-order valence-corrected chi connectivity index (χ1v) is 11.3. The minimum absolute atomic E-state index is 0.338. The highest BCUT2D eigenvalue weighted by Crippen LogP contribution is 2.44. The summed E-state index contributed by atoms with van der Waals surface area (Å²) < 4.78 is 0. The molecular weight excluding hydrogens is 400 g/mol. The molecule has 0 aliphatic carbocycles. The van der Waals surface area contributed by atoms with Crippen LogP contribution in [0.3, 0.4) is 0 Å². The molecule has 0 amide bonds. The smallest absolute Gasteiger partial charge is 0.123 e. The van der Waals surface area contributed by atoms with Crippen LogP contribution in [0.1, 0.15) is 0 Å². The molecule has 0 saturated carbocycles. The third-order valence-electron chi connectivity index (χ3n) is 7.46. The minimum Gasteiger partial charge on any atom is -0.507 e. The molecule has 0 saturated heterocycles. The van der Waals surface area contributed by atoms with E-state index in [0.717, 1.165) is 16.2 Å². The van der Waals surface area contributed by atoms with Crippen LogP contribution in [0.2, 0.25) is 0 Å². The SMILES string of the molecule is Oc1ccc2ccc3c(-c4ccc5ccc6cccc7ccc4c5c67)ccc4ccc1c2c43. The molecule has 8 aromatic rings. The van der Waals surface area contributed by atoms with Gasteiger partial charge in [-0.25, -0.2) is 0 Å². The Balaban J connectivity index is 1.56. The topological polar surface area (TPSA) is 20.2 Å². The molecule has 0 fully saturated rings. The van der Waals surface area contributed by atoms with E-state index in [4.69, 9.17) is 0 Å². The predicted molar refractivity (Wildman–Crippen MR) is 141 cm³/mol. The zero-order chi connectivity index (χ0) is 21.7. The van der Waals surface area contributed by atoms with E-state index in [2.05, 4.69) is 84.9 Å². The number of benzene rings is 8. The Kier molecular flexibility index (Phi) is 3.08. The lowest BCUT2D eigenvalue weighted by Gasteiger charge is -2.17. The van der Waals surface area contributed by atoms with Crippen LogP contribution >= 0.6 is 0 Å². The van der Waals surface area contributed by atoms with Crippen molar-refractivity contribution in [2.24, 2.45) is 0 Å². The Hall–Kier alpha value is -4.36. The standard InChI is InChI=1S/C32H18O/c33-28-17-11-22-9-15-26-24(13-7-21-10-16-27(28)32(22)31(21)26)23-12-6-20-5-4-18-2-1-3-19-8-14-25(23)30(20)29(18)19/h1-17,33H. The summed E-state index contributed by atoms with van der Waals surface area (Å²) in [6.07, 6.45) is 0. The van der Waals surface area contributed by atoms with Crippen LogP contribution in [0.25, 0.3) is 75.8 Å². The van der Waals surface area contributed by atoms with Gasteiger partial charge in [-0.05, 0) is 71.1 Å². The Bertz CT molecular complexity index is 2010. The maximum atomic E-state index is 10.5. The third-order valence-corrected chi connectivity index (χ3v) is 7.46. The van der Waals surface area contributed by atoms with E-state index < -0.39 is 0 Å². The molecule has 33 heavy (non-hydrogen) atoms. The van der Waals surface area contributed by atoms with E-state index in [9.17, 15) is 5.11 Å². The maximum Gasteiger partial charge on any atom is 0.123 e. The predicted octanol–water partition coefficient (Wildman–Crippen LogP) is 8.85. The lowest BCUT2D eigenvalue weighted by molar-refractivity contribution is 0.482. The molecule has 1 nitrogen and oxygen atoms in total. The van der Waals surface area contributed by atoms with Crippen LogP contribution < -0.4 is 0 Å². The molecule has 0 aliphatic heterocycles. The van der Waals surface area contributed by atoms with Gasteiger partial charge >= 0.3 is 0 Å². The van der Waals surface area contributed by atoms with Gasteiger partial charge in [-0.3, -0.25) is 0 Å². The van der Waals surface area contributed by atoms with Gasteiger partial charge in [0.05, 0.1) is 0 Å². The van der Waals surface area contributed by atoms with Crippen molar-refractivity contribution < 1.29 is 5.11 Å². The second-order valence-corrected chi connectivity index (χ2v) is 9.09. The van der Waals surface area contributed by atoms with Crippen LogP contribution in [0.4, 0.5) is 0 Å². The number of hydrogen-bond donors (Lipinski definition) is 1. The zero-order valence-electron chi connectivity index (χ0n) is 17.8. The summed E-state index contributed by atoms with van der Waals surface area (Å²) >= 11 is 0. The summed E-state index contributed by atoms with van der Waals surface area (Å²) in [5.41, 5.74) is 2.49. The molecule has 8 aromatic carbocycles.